The molecule has 0 spiro atoms. The van der Waals surface area contributed by atoms with Crippen LogP contribution < -0.4 is 5.73 Å². The van der Waals surface area contributed by atoms with Crippen LogP contribution in [0.3, 0.4) is 0 Å². The normalized spacial score (nSPS) is 15.9. The number of halogens is 6. The van der Waals surface area contributed by atoms with E-state index in [-0.39, 0.29) is 0 Å². The molecule has 0 radical (unpaired) electrons. The molecule has 0 fully saturated rings. The number of quaternary nitrogens is 1. The van der Waals surface area contributed by atoms with Gasteiger partial charge in [0.05, 0.1) is 0 Å². The quantitative estimate of drug-likeness (QED) is 0.524. The fraction of sp³-hybridized carbons (Fsp3) is 0. The van der Waals surface area contributed by atoms with E-state index in [1.807, 2.05) is 30.3 Å². The minimum absolute atomic E-state index is 1.07. The Labute approximate surface area is 75.8 Å². The molecule has 0 aromatic heterocycles. The van der Waals surface area contributed by atoms with Gasteiger partial charge in [0.1, 0.15) is 5.69 Å². The molecule has 0 saturated carbocycles. The fourth-order valence-electron chi connectivity index (χ4n) is 0.478. The van der Waals surface area contributed by atoms with Crippen LogP contribution in [0.5, 0.6) is 0 Å². The van der Waals surface area contributed by atoms with Gasteiger partial charge in [-0.3, -0.25) is 0 Å². The van der Waals surface area contributed by atoms with E-state index in [1.54, 1.807) is 0 Å². The van der Waals surface area contributed by atoms with Gasteiger partial charge in [-0.2, -0.15) is 0 Å². The van der Waals surface area contributed by atoms with Gasteiger partial charge in [0.2, 0.25) is 0 Å². The molecule has 0 aliphatic heterocycles. The largest absolute Gasteiger partial charge is 0.325 e. The van der Waals surface area contributed by atoms with Gasteiger partial charge >= 0.3 is 33.0 Å². The molecule has 0 aliphatic rings. The molecule has 0 bridgehead atoms. The first-order chi connectivity index (χ1) is 5.84. The molecule has 3 N–H and O–H groups in total. The van der Waals surface area contributed by atoms with E-state index in [4.69, 9.17) is 0 Å². The third-order valence-electron chi connectivity index (χ3n) is 0.843. The molecule has 0 unspecified atom stereocenters. The molecule has 1 rings (SSSR count). The van der Waals surface area contributed by atoms with Gasteiger partial charge in [-0.25, -0.2) is 0 Å². The Bertz CT molecular complexity index is 278. The Kier molecular flexibility index (Phi) is 2.92. The zero-order chi connectivity index (χ0) is 11.5. The molecule has 0 atom stereocenters. The summed E-state index contributed by atoms with van der Waals surface area (Å²) in [7, 11) is -10.7. The van der Waals surface area contributed by atoms with Crippen molar-refractivity contribution >= 4 is 13.5 Å². The first-order valence-corrected chi connectivity index (χ1v) is 5.31. The first-order valence-electron chi connectivity index (χ1n) is 3.28. The maximum absolute atomic E-state index is 10.7. The van der Waals surface area contributed by atoms with E-state index >= 15 is 0 Å². The maximum Gasteiger partial charge on any atom is 0.127 e. The molecular weight excluding hydrogens is 231 g/mol. The number of hydrogen-bond acceptors (Lipinski definition) is 0. The van der Waals surface area contributed by atoms with Crippen LogP contribution in [0.4, 0.5) is 30.9 Å². The van der Waals surface area contributed by atoms with Crippen LogP contribution in [0.15, 0.2) is 30.3 Å². The third kappa shape index (κ3) is 22.5. The summed E-state index contributed by atoms with van der Waals surface area (Å²) < 4.78 is 59.2. The molecule has 14 heavy (non-hydrogen) atoms. The first kappa shape index (κ1) is 13.2. The molecule has 0 amide bonds. The van der Waals surface area contributed by atoms with Crippen molar-refractivity contribution in [3.05, 3.63) is 30.3 Å². The molecule has 0 heterocycles. The summed E-state index contributed by atoms with van der Waals surface area (Å²) in [5.41, 5.74) is 4.79. The molecule has 1 aromatic carbocycles. The summed E-state index contributed by atoms with van der Waals surface area (Å²) in [6.45, 7) is 0. The Hall–Kier alpha value is -0.810. The van der Waals surface area contributed by atoms with E-state index < -0.39 is 7.81 Å². The molecule has 0 aliphatic carbocycles. The number of hydrogen-bond donors (Lipinski definition) is 1. The summed E-state index contributed by atoms with van der Waals surface area (Å²) in [6, 6.07) is 9.87. The van der Waals surface area contributed by atoms with Gasteiger partial charge in [0.15, 0.2) is 0 Å². The van der Waals surface area contributed by atoms with Crippen molar-refractivity contribution in [2.24, 2.45) is 0 Å². The van der Waals surface area contributed by atoms with E-state index in [9.17, 15) is 25.2 Å². The van der Waals surface area contributed by atoms with Crippen LogP contribution in [-0.2, 0) is 0 Å². The predicted octanol–water partition coefficient (Wildman–Crippen LogP) is 3.94. The van der Waals surface area contributed by atoms with Gasteiger partial charge in [-0.15, -0.1) is 0 Å². The second-order valence-electron chi connectivity index (χ2n) is 2.44. The van der Waals surface area contributed by atoms with E-state index in [0.717, 1.165) is 5.69 Å². The number of rotatable bonds is 0. The minimum atomic E-state index is -10.7. The maximum atomic E-state index is 9.87. The van der Waals surface area contributed by atoms with E-state index in [1.165, 1.54) is 0 Å². The van der Waals surface area contributed by atoms with Gasteiger partial charge in [-0.1, -0.05) is 18.2 Å². The zero-order valence-corrected chi connectivity index (χ0v) is 7.70. The molecule has 1 aromatic rings. The van der Waals surface area contributed by atoms with Crippen LogP contribution in [0.2, 0.25) is 0 Å². The Morgan fingerprint density at radius 2 is 1.07 bits per heavy atom. The average Bonchev–Trinajstić information content (AvgIpc) is 1.81. The topological polar surface area (TPSA) is 27.6 Å². The van der Waals surface area contributed by atoms with Crippen molar-refractivity contribution in [1.29, 1.82) is 0 Å². The Morgan fingerprint density at radius 1 is 0.786 bits per heavy atom. The standard InChI is InChI=1S/C6H7N.F6P/c7-6-4-2-1-3-5-6;1-7(2,3,4,5)6/h1-5H,7H2;/q;-1/p+1. The molecular formula is C6H8F6NP. The van der Waals surface area contributed by atoms with Gasteiger partial charge in [0, 0.05) is 0 Å². The summed E-state index contributed by atoms with van der Waals surface area (Å²) in [6.07, 6.45) is 0. The average molecular weight is 239 g/mol. The molecule has 1 nitrogen and oxygen atoms in total. The Balaban J connectivity index is 0.000000241. The molecule has 0 saturated heterocycles. The molecule has 84 valence electrons. The third-order valence-corrected chi connectivity index (χ3v) is 0.843. The smallest absolute Gasteiger partial charge is 0.127 e. The number of benzene rings is 1. The van der Waals surface area contributed by atoms with Crippen LogP contribution >= 0.6 is 7.81 Å². The van der Waals surface area contributed by atoms with Gasteiger partial charge in [0.25, 0.3) is 0 Å². The predicted molar refractivity (Wildman–Crippen MR) is 42.6 cm³/mol. The monoisotopic (exact) mass is 239 g/mol. The second-order valence-corrected chi connectivity index (χ2v) is 4.36. The van der Waals surface area contributed by atoms with Crippen molar-refractivity contribution in [3.63, 3.8) is 0 Å². The van der Waals surface area contributed by atoms with Crippen molar-refractivity contribution in [1.82, 2.24) is 0 Å². The van der Waals surface area contributed by atoms with E-state index in [2.05, 4.69) is 5.73 Å². The summed E-state index contributed by atoms with van der Waals surface area (Å²) in [5, 5.41) is 0. The van der Waals surface area contributed by atoms with E-state index in [0.29, 0.717) is 0 Å². The SMILES string of the molecule is F[P-](F)(F)(F)(F)F.[NH3+]c1ccccc1. The second kappa shape index (κ2) is 3.10. The summed E-state index contributed by atoms with van der Waals surface area (Å²) >= 11 is 0. The summed E-state index contributed by atoms with van der Waals surface area (Å²) in [5.74, 6) is 0. The van der Waals surface area contributed by atoms with Gasteiger partial charge < -0.3 is 5.73 Å². The van der Waals surface area contributed by atoms with Gasteiger partial charge in [-0.05, 0) is 12.1 Å². The Morgan fingerprint density at radius 3 is 1.21 bits per heavy atom. The van der Waals surface area contributed by atoms with Crippen molar-refractivity contribution in [3.8, 4) is 0 Å². The summed E-state index contributed by atoms with van der Waals surface area (Å²) in [4.78, 5) is 0. The van der Waals surface area contributed by atoms with Crippen LogP contribution in [0, 0.1) is 0 Å². The van der Waals surface area contributed by atoms with Crippen LogP contribution in [-0.4, -0.2) is 0 Å². The fourth-order valence-corrected chi connectivity index (χ4v) is 0.478. The van der Waals surface area contributed by atoms with Crippen molar-refractivity contribution < 1.29 is 30.9 Å². The van der Waals surface area contributed by atoms with Crippen LogP contribution in [0.1, 0.15) is 0 Å². The molecule has 8 heteroatoms. The van der Waals surface area contributed by atoms with Crippen LogP contribution in [0.25, 0.3) is 0 Å². The van der Waals surface area contributed by atoms with Crippen molar-refractivity contribution in [2.45, 2.75) is 0 Å². The minimum Gasteiger partial charge on any atom is -0.325 e. The zero-order valence-electron chi connectivity index (χ0n) is 6.81. The van der Waals surface area contributed by atoms with Crippen molar-refractivity contribution in [2.75, 3.05) is 0 Å².